The first-order chi connectivity index (χ1) is 11.8. The van der Waals surface area contributed by atoms with Gasteiger partial charge in [-0.25, -0.2) is 4.98 Å². The molecule has 4 nitrogen and oxygen atoms in total. The molecule has 1 amide bonds. The highest BCUT2D eigenvalue weighted by Gasteiger charge is 2.30. The van der Waals surface area contributed by atoms with Gasteiger partial charge < -0.3 is 9.47 Å². The van der Waals surface area contributed by atoms with Gasteiger partial charge in [0, 0.05) is 37.9 Å². The van der Waals surface area contributed by atoms with Crippen molar-refractivity contribution in [1.29, 1.82) is 0 Å². The second kappa shape index (κ2) is 6.80. The Bertz CT molecular complexity index is 687. The van der Waals surface area contributed by atoms with Crippen LogP contribution in [0.1, 0.15) is 30.4 Å². The van der Waals surface area contributed by atoms with E-state index in [2.05, 4.69) is 38.7 Å². The summed E-state index contributed by atoms with van der Waals surface area (Å²) in [6.45, 7) is 2.85. The minimum absolute atomic E-state index is 0.185. The van der Waals surface area contributed by atoms with Gasteiger partial charge in [0.05, 0.1) is 6.33 Å². The highest BCUT2D eigenvalue weighted by atomic mass is 16.2. The molecule has 1 aromatic carbocycles. The zero-order chi connectivity index (χ0) is 16.4. The van der Waals surface area contributed by atoms with Crippen LogP contribution in [-0.4, -0.2) is 33.4 Å². The smallest absolute Gasteiger partial charge is 0.226 e. The van der Waals surface area contributed by atoms with Gasteiger partial charge >= 0.3 is 0 Å². The predicted molar refractivity (Wildman–Crippen MR) is 93.5 cm³/mol. The Labute approximate surface area is 143 Å². The highest BCUT2D eigenvalue weighted by molar-refractivity contribution is 5.79. The number of carbonyl (C=O) groups is 1. The van der Waals surface area contributed by atoms with E-state index >= 15 is 0 Å². The van der Waals surface area contributed by atoms with E-state index in [1.807, 2.05) is 18.7 Å². The maximum absolute atomic E-state index is 12.9. The van der Waals surface area contributed by atoms with Crippen LogP contribution in [0.4, 0.5) is 0 Å². The van der Waals surface area contributed by atoms with Crippen LogP contribution in [0.15, 0.2) is 43.0 Å². The average molecular weight is 323 g/mol. The number of piperidine rings is 1. The van der Waals surface area contributed by atoms with Crippen molar-refractivity contribution >= 4 is 5.91 Å². The van der Waals surface area contributed by atoms with Crippen molar-refractivity contribution in [3.8, 4) is 0 Å². The van der Waals surface area contributed by atoms with E-state index in [9.17, 15) is 4.79 Å². The second-order valence-electron chi connectivity index (χ2n) is 7.24. The number of rotatable bonds is 3. The Morgan fingerprint density at radius 1 is 1.12 bits per heavy atom. The minimum atomic E-state index is 0.185. The first-order valence-corrected chi connectivity index (χ1v) is 9.11. The molecule has 1 aromatic heterocycles. The summed E-state index contributed by atoms with van der Waals surface area (Å²) in [6.07, 6.45) is 10.9. The summed E-state index contributed by atoms with van der Waals surface area (Å²) < 4.78 is 2.15. The van der Waals surface area contributed by atoms with Crippen molar-refractivity contribution in [2.24, 2.45) is 11.8 Å². The number of fused-ring (bicyclic) bond motifs is 1. The third-order valence-electron chi connectivity index (χ3n) is 5.65. The van der Waals surface area contributed by atoms with Gasteiger partial charge in [0.2, 0.25) is 5.91 Å². The second-order valence-corrected chi connectivity index (χ2v) is 7.24. The molecule has 1 atom stereocenters. The van der Waals surface area contributed by atoms with Gasteiger partial charge in [-0.15, -0.1) is 0 Å². The molecular formula is C20H25N3O. The predicted octanol–water partition coefficient (Wildman–Crippen LogP) is 2.93. The summed E-state index contributed by atoms with van der Waals surface area (Å²) in [5.41, 5.74) is 2.80. The number of hydrogen-bond acceptors (Lipinski definition) is 2. The molecule has 1 fully saturated rings. The number of likely N-dealkylation sites (tertiary alicyclic amines) is 1. The summed E-state index contributed by atoms with van der Waals surface area (Å²) in [6, 6.07) is 8.59. The van der Waals surface area contributed by atoms with E-state index in [1.54, 1.807) is 0 Å². The Hall–Kier alpha value is -2.10. The first-order valence-electron chi connectivity index (χ1n) is 9.11. The van der Waals surface area contributed by atoms with Crippen LogP contribution in [0.5, 0.6) is 0 Å². The molecule has 24 heavy (non-hydrogen) atoms. The van der Waals surface area contributed by atoms with Gasteiger partial charge in [0.1, 0.15) is 0 Å². The normalized spacial score (nSPS) is 21.5. The number of imidazole rings is 1. The summed E-state index contributed by atoms with van der Waals surface area (Å²) in [5.74, 6) is 1.23. The Kier molecular flexibility index (Phi) is 4.37. The standard InChI is InChI=1S/C20H25N3O/c24-20(19-6-5-17-3-1-2-4-18(17)13-19)23-10-7-16(8-11-23)14-22-12-9-21-15-22/h1-4,9,12,15-16,19H,5-8,10-11,13-14H2/t19-/m1/s1. The van der Waals surface area contributed by atoms with Crippen LogP contribution in [0.3, 0.4) is 0 Å². The molecule has 2 aromatic rings. The summed E-state index contributed by atoms with van der Waals surface area (Å²) in [7, 11) is 0. The average Bonchev–Trinajstić information content (AvgIpc) is 3.14. The van der Waals surface area contributed by atoms with Crippen LogP contribution in [0.25, 0.3) is 0 Å². The number of nitrogens with zero attached hydrogens (tertiary/aromatic N) is 3. The molecular weight excluding hydrogens is 298 g/mol. The van der Waals surface area contributed by atoms with Crippen LogP contribution < -0.4 is 0 Å². The van der Waals surface area contributed by atoms with Crippen molar-refractivity contribution in [2.45, 2.75) is 38.6 Å². The molecule has 126 valence electrons. The van der Waals surface area contributed by atoms with E-state index < -0.39 is 0 Å². The lowest BCUT2D eigenvalue weighted by atomic mass is 9.82. The molecule has 0 saturated carbocycles. The van der Waals surface area contributed by atoms with Gasteiger partial charge in [-0.05, 0) is 49.1 Å². The highest BCUT2D eigenvalue weighted by Crippen LogP contribution is 2.28. The van der Waals surface area contributed by atoms with Gasteiger partial charge in [0.15, 0.2) is 0 Å². The molecule has 4 heteroatoms. The van der Waals surface area contributed by atoms with Crippen molar-refractivity contribution in [1.82, 2.24) is 14.5 Å². The largest absolute Gasteiger partial charge is 0.342 e. The van der Waals surface area contributed by atoms with Gasteiger partial charge in [-0.1, -0.05) is 24.3 Å². The van der Waals surface area contributed by atoms with Crippen molar-refractivity contribution < 1.29 is 4.79 Å². The van der Waals surface area contributed by atoms with Crippen LogP contribution in [0.2, 0.25) is 0 Å². The molecule has 1 aliphatic carbocycles. The number of carbonyl (C=O) groups excluding carboxylic acids is 1. The van der Waals surface area contributed by atoms with E-state index in [0.29, 0.717) is 11.8 Å². The fraction of sp³-hybridized carbons (Fsp3) is 0.500. The van der Waals surface area contributed by atoms with Gasteiger partial charge in [-0.3, -0.25) is 4.79 Å². The zero-order valence-electron chi connectivity index (χ0n) is 14.1. The number of amides is 1. The van der Waals surface area contributed by atoms with E-state index in [4.69, 9.17) is 0 Å². The fourth-order valence-electron chi connectivity index (χ4n) is 4.20. The van der Waals surface area contributed by atoms with Crippen molar-refractivity contribution in [3.63, 3.8) is 0 Å². The molecule has 0 bridgehead atoms. The number of aromatic nitrogens is 2. The van der Waals surface area contributed by atoms with Gasteiger partial charge in [0.25, 0.3) is 0 Å². The number of aryl methyl sites for hydroxylation is 1. The van der Waals surface area contributed by atoms with E-state index in [1.165, 1.54) is 11.1 Å². The first kappa shape index (κ1) is 15.4. The van der Waals surface area contributed by atoms with Crippen LogP contribution in [-0.2, 0) is 24.2 Å². The van der Waals surface area contributed by atoms with Crippen LogP contribution in [0, 0.1) is 11.8 Å². The lowest BCUT2D eigenvalue weighted by molar-refractivity contribution is -0.137. The number of hydrogen-bond donors (Lipinski definition) is 0. The summed E-state index contributed by atoms with van der Waals surface area (Å²) in [4.78, 5) is 19.1. The molecule has 0 N–H and O–H groups in total. The maximum atomic E-state index is 12.9. The van der Waals surface area contributed by atoms with E-state index in [-0.39, 0.29) is 5.92 Å². The number of benzene rings is 1. The molecule has 0 spiro atoms. The van der Waals surface area contributed by atoms with E-state index in [0.717, 1.165) is 51.7 Å². The third kappa shape index (κ3) is 3.23. The molecule has 2 heterocycles. The molecule has 0 unspecified atom stereocenters. The zero-order valence-corrected chi connectivity index (χ0v) is 14.1. The topological polar surface area (TPSA) is 38.1 Å². The Morgan fingerprint density at radius 3 is 2.67 bits per heavy atom. The van der Waals surface area contributed by atoms with Crippen molar-refractivity contribution in [3.05, 3.63) is 54.1 Å². The fourth-order valence-corrected chi connectivity index (χ4v) is 4.20. The summed E-state index contributed by atoms with van der Waals surface area (Å²) in [5, 5.41) is 0. The van der Waals surface area contributed by atoms with Gasteiger partial charge in [-0.2, -0.15) is 0 Å². The molecule has 4 rings (SSSR count). The summed E-state index contributed by atoms with van der Waals surface area (Å²) >= 11 is 0. The maximum Gasteiger partial charge on any atom is 0.226 e. The lowest BCUT2D eigenvalue weighted by Crippen LogP contribution is -2.43. The van der Waals surface area contributed by atoms with Crippen LogP contribution >= 0.6 is 0 Å². The SMILES string of the molecule is O=C([C@@H]1CCc2ccccc2C1)N1CCC(Cn2ccnc2)CC1. The third-order valence-corrected chi connectivity index (χ3v) is 5.65. The minimum Gasteiger partial charge on any atom is -0.342 e. The lowest BCUT2D eigenvalue weighted by Gasteiger charge is -2.35. The molecule has 1 aliphatic heterocycles. The Morgan fingerprint density at radius 2 is 1.92 bits per heavy atom. The monoisotopic (exact) mass is 323 g/mol. The molecule has 0 radical (unpaired) electrons. The quantitative estimate of drug-likeness (QED) is 0.871. The van der Waals surface area contributed by atoms with Crippen molar-refractivity contribution in [2.75, 3.05) is 13.1 Å². The molecule has 1 saturated heterocycles. The Balaban J connectivity index is 1.32. The molecule has 2 aliphatic rings.